The molecule has 2 amide bonds. The molecule has 0 aliphatic heterocycles. The predicted octanol–water partition coefficient (Wildman–Crippen LogP) is 4.39. The van der Waals surface area contributed by atoms with Gasteiger partial charge in [0.2, 0.25) is 0 Å². The Bertz CT molecular complexity index is 906. The van der Waals surface area contributed by atoms with Crippen LogP contribution in [0.25, 0.3) is 0 Å². The molecule has 3 rings (SSSR count). The van der Waals surface area contributed by atoms with Crippen molar-refractivity contribution in [2.45, 2.75) is 0 Å². The third-order valence-corrected chi connectivity index (χ3v) is 3.25. The average Bonchev–Trinajstić information content (AvgIpc) is 2.65. The van der Waals surface area contributed by atoms with Crippen molar-refractivity contribution in [1.82, 2.24) is 4.98 Å². The lowest BCUT2D eigenvalue weighted by molar-refractivity contribution is 0.262. The molecule has 0 bridgehead atoms. The number of nitrogens with one attached hydrogen (secondary N) is 2. The van der Waals surface area contributed by atoms with Crippen LogP contribution in [0.5, 0.6) is 11.5 Å². The van der Waals surface area contributed by atoms with Crippen molar-refractivity contribution in [1.29, 1.82) is 5.26 Å². The number of pyridine rings is 1. The van der Waals surface area contributed by atoms with Crippen LogP contribution >= 0.6 is 0 Å². The van der Waals surface area contributed by atoms with E-state index in [-0.39, 0.29) is 0 Å². The molecule has 25 heavy (non-hydrogen) atoms. The number of amides is 2. The molecule has 0 atom stereocenters. The second kappa shape index (κ2) is 7.62. The minimum Gasteiger partial charge on any atom is -0.455 e. The van der Waals surface area contributed by atoms with E-state index in [0.717, 1.165) is 0 Å². The van der Waals surface area contributed by atoms with E-state index < -0.39 is 6.03 Å². The van der Waals surface area contributed by atoms with Crippen LogP contribution in [0, 0.1) is 11.3 Å². The summed E-state index contributed by atoms with van der Waals surface area (Å²) in [7, 11) is 0. The molecule has 122 valence electrons. The molecule has 0 spiro atoms. The van der Waals surface area contributed by atoms with Gasteiger partial charge in [0, 0.05) is 6.20 Å². The quantitative estimate of drug-likeness (QED) is 0.742. The zero-order valence-corrected chi connectivity index (χ0v) is 13.1. The lowest BCUT2D eigenvalue weighted by atomic mass is 10.2. The number of hydrogen-bond acceptors (Lipinski definition) is 4. The standard InChI is InChI=1S/C19H14N4O2/c20-12-14-8-9-18(25-16-6-2-1-3-7-16)17(11-14)23-19(24)22-15-5-4-10-21-13-15/h1-11,13H,(H2,22,23,24). The van der Waals surface area contributed by atoms with Crippen LogP contribution in [0.15, 0.2) is 73.1 Å². The highest BCUT2D eigenvalue weighted by molar-refractivity contribution is 6.00. The topological polar surface area (TPSA) is 87.0 Å². The van der Waals surface area contributed by atoms with Gasteiger partial charge in [-0.1, -0.05) is 18.2 Å². The Morgan fingerprint density at radius 2 is 1.88 bits per heavy atom. The molecule has 1 aromatic heterocycles. The highest BCUT2D eigenvalue weighted by Gasteiger charge is 2.10. The predicted molar refractivity (Wildman–Crippen MR) is 94.6 cm³/mol. The van der Waals surface area contributed by atoms with Crippen LogP contribution < -0.4 is 15.4 Å². The molecule has 0 saturated heterocycles. The zero-order valence-electron chi connectivity index (χ0n) is 13.1. The number of benzene rings is 2. The Balaban J connectivity index is 1.81. The lowest BCUT2D eigenvalue weighted by Gasteiger charge is -2.13. The normalized spacial score (nSPS) is 9.72. The summed E-state index contributed by atoms with van der Waals surface area (Å²) in [5.74, 6) is 1.06. The molecule has 0 fully saturated rings. The summed E-state index contributed by atoms with van der Waals surface area (Å²) in [5, 5.41) is 14.5. The molecule has 0 unspecified atom stereocenters. The number of carbonyl (C=O) groups is 1. The van der Waals surface area contributed by atoms with Gasteiger partial charge in [-0.3, -0.25) is 4.98 Å². The first-order valence-corrected chi connectivity index (χ1v) is 7.50. The number of nitrogens with zero attached hydrogens (tertiary/aromatic N) is 2. The van der Waals surface area contributed by atoms with Gasteiger partial charge >= 0.3 is 6.03 Å². The van der Waals surface area contributed by atoms with Gasteiger partial charge in [-0.25, -0.2) is 4.79 Å². The van der Waals surface area contributed by atoms with E-state index in [4.69, 9.17) is 10.00 Å². The number of nitriles is 1. The molecule has 0 saturated carbocycles. The fourth-order valence-corrected chi connectivity index (χ4v) is 2.12. The van der Waals surface area contributed by atoms with E-state index in [1.807, 2.05) is 24.3 Å². The minimum atomic E-state index is -0.457. The summed E-state index contributed by atoms with van der Waals surface area (Å²) >= 11 is 0. The summed E-state index contributed by atoms with van der Waals surface area (Å²) in [6.45, 7) is 0. The first-order valence-electron chi connectivity index (χ1n) is 7.50. The van der Waals surface area contributed by atoms with Crippen molar-refractivity contribution in [3.63, 3.8) is 0 Å². The molecule has 0 radical (unpaired) electrons. The second-order valence-corrected chi connectivity index (χ2v) is 5.06. The molecule has 3 aromatic rings. The third-order valence-electron chi connectivity index (χ3n) is 3.25. The number of carbonyl (C=O) groups excluding carboxylic acids is 1. The Morgan fingerprint density at radius 1 is 1.04 bits per heavy atom. The van der Waals surface area contributed by atoms with Gasteiger partial charge in [0.1, 0.15) is 5.75 Å². The van der Waals surface area contributed by atoms with Crippen LogP contribution in [0.4, 0.5) is 16.2 Å². The van der Waals surface area contributed by atoms with Gasteiger partial charge in [0.05, 0.1) is 29.2 Å². The second-order valence-electron chi connectivity index (χ2n) is 5.06. The summed E-state index contributed by atoms with van der Waals surface area (Å²) in [5.41, 5.74) is 1.36. The maximum Gasteiger partial charge on any atom is 0.323 e. The van der Waals surface area contributed by atoms with E-state index in [2.05, 4.69) is 15.6 Å². The first kappa shape index (κ1) is 16.0. The maximum atomic E-state index is 12.2. The van der Waals surface area contributed by atoms with Gasteiger partial charge in [-0.05, 0) is 42.5 Å². The Hall–Kier alpha value is -3.85. The summed E-state index contributed by atoms with van der Waals surface area (Å²) in [6, 6.07) is 19.0. The van der Waals surface area contributed by atoms with Crippen LogP contribution in [0.2, 0.25) is 0 Å². The van der Waals surface area contributed by atoms with E-state index in [0.29, 0.717) is 28.4 Å². The van der Waals surface area contributed by atoms with Crippen molar-refractivity contribution < 1.29 is 9.53 Å². The van der Waals surface area contributed by atoms with Crippen LogP contribution in [0.1, 0.15) is 5.56 Å². The molecule has 6 heteroatoms. The lowest BCUT2D eigenvalue weighted by Crippen LogP contribution is -2.19. The molecule has 0 aliphatic rings. The van der Waals surface area contributed by atoms with Crippen LogP contribution in [0.3, 0.4) is 0 Å². The highest BCUT2D eigenvalue weighted by atomic mass is 16.5. The first-order chi connectivity index (χ1) is 12.2. The van der Waals surface area contributed by atoms with Gasteiger partial charge in [0.25, 0.3) is 0 Å². The third kappa shape index (κ3) is 4.33. The summed E-state index contributed by atoms with van der Waals surface area (Å²) in [6.07, 6.45) is 3.15. The number of para-hydroxylation sites is 1. The zero-order chi connectivity index (χ0) is 17.5. The minimum absolute atomic E-state index is 0.393. The molecule has 2 N–H and O–H groups in total. The highest BCUT2D eigenvalue weighted by Crippen LogP contribution is 2.30. The molecular formula is C19H14N4O2. The maximum absolute atomic E-state index is 12.2. The SMILES string of the molecule is N#Cc1ccc(Oc2ccccc2)c(NC(=O)Nc2cccnc2)c1. The van der Waals surface area contributed by atoms with Crippen molar-refractivity contribution >= 4 is 17.4 Å². The Morgan fingerprint density at radius 3 is 2.60 bits per heavy atom. The fourth-order valence-electron chi connectivity index (χ4n) is 2.12. The van der Waals surface area contributed by atoms with Gasteiger partial charge in [-0.2, -0.15) is 5.26 Å². The monoisotopic (exact) mass is 330 g/mol. The average molecular weight is 330 g/mol. The number of rotatable bonds is 4. The smallest absolute Gasteiger partial charge is 0.323 e. The molecule has 2 aromatic carbocycles. The fraction of sp³-hybridized carbons (Fsp3) is 0. The number of aromatic nitrogens is 1. The number of hydrogen-bond donors (Lipinski definition) is 2. The van der Waals surface area contributed by atoms with Gasteiger partial charge in [-0.15, -0.1) is 0 Å². The number of urea groups is 1. The molecule has 6 nitrogen and oxygen atoms in total. The molecule has 1 heterocycles. The summed E-state index contributed by atoms with van der Waals surface area (Å²) < 4.78 is 5.80. The number of ether oxygens (including phenoxy) is 1. The van der Waals surface area contributed by atoms with Crippen LogP contribution in [-0.2, 0) is 0 Å². The molecular weight excluding hydrogens is 316 g/mol. The van der Waals surface area contributed by atoms with Crippen molar-refractivity contribution in [2.75, 3.05) is 10.6 Å². The molecule has 0 aliphatic carbocycles. The van der Waals surface area contributed by atoms with Crippen LogP contribution in [-0.4, -0.2) is 11.0 Å². The van der Waals surface area contributed by atoms with E-state index in [1.165, 1.54) is 6.20 Å². The largest absolute Gasteiger partial charge is 0.455 e. The number of anilines is 2. The van der Waals surface area contributed by atoms with Crippen molar-refractivity contribution in [2.24, 2.45) is 0 Å². The van der Waals surface area contributed by atoms with E-state index in [1.54, 1.807) is 48.7 Å². The van der Waals surface area contributed by atoms with E-state index >= 15 is 0 Å². The Kier molecular flexibility index (Phi) is 4.88. The van der Waals surface area contributed by atoms with E-state index in [9.17, 15) is 4.79 Å². The van der Waals surface area contributed by atoms with Crippen molar-refractivity contribution in [3.05, 3.63) is 78.6 Å². The summed E-state index contributed by atoms with van der Waals surface area (Å²) in [4.78, 5) is 16.1. The Labute approximate surface area is 144 Å². The van der Waals surface area contributed by atoms with Gasteiger partial charge < -0.3 is 15.4 Å². The van der Waals surface area contributed by atoms with Gasteiger partial charge in [0.15, 0.2) is 5.75 Å². The van der Waals surface area contributed by atoms with Crippen molar-refractivity contribution in [3.8, 4) is 17.6 Å².